The van der Waals surface area contributed by atoms with Crippen molar-refractivity contribution in [3.63, 3.8) is 0 Å². The Kier molecular flexibility index (Phi) is 5.85. The van der Waals surface area contributed by atoms with Crippen molar-refractivity contribution >= 4 is 17.3 Å². The summed E-state index contributed by atoms with van der Waals surface area (Å²) in [6.45, 7) is 6.49. The Morgan fingerprint density at radius 1 is 1.20 bits per heavy atom. The van der Waals surface area contributed by atoms with E-state index in [1.165, 1.54) is 16.0 Å². The molecule has 0 amide bonds. The van der Waals surface area contributed by atoms with Crippen LogP contribution in [0.15, 0.2) is 59.2 Å². The van der Waals surface area contributed by atoms with Gasteiger partial charge in [0, 0.05) is 23.8 Å². The Balaban J connectivity index is 1.61. The minimum atomic E-state index is 0.637. The molecule has 0 atom stereocenters. The number of benzene rings is 1. The van der Waals surface area contributed by atoms with E-state index in [0.717, 1.165) is 24.7 Å². The first-order chi connectivity index (χ1) is 12.3. The molecule has 5 nitrogen and oxygen atoms in total. The molecule has 2 aromatic heterocycles. The molecule has 3 rings (SSSR count). The standard InChI is InChI=1S/C19H23N5S/c1-3-20-19(22-14-18-15(2)9-12-25-18)21-13-16-5-7-17(8-6-16)24-11-4-10-23-24/h4-12H,3,13-14H2,1-2H3,(H2,20,21,22). The third kappa shape index (κ3) is 4.70. The van der Waals surface area contributed by atoms with E-state index >= 15 is 0 Å². The van der Waals surface area contributed by atoms with Crippen LogP contribution < -0.4 is 10.6 Å². The monoisotopic (exact) mass is 353 g/mol. The van der Waals surface area contributed by atoms with E-state index in [2.05, 4.69) is 70.3 Å². The maximum Gasteiger partial charge on any atom is 0.191 e. The first-order valence-corrected chi connectivity index (χ1v) is 9.28. The van der Waals surface area contributed by atoms with Crippen molar-refractivity contribution in [2.75, 3.05) is 6.54 Å². The van der Waals surface area contributed by atoms with Gasteiger partial charge in [-0.25, -0.2) is 9.67 Å². The van der Waals surface area contributed by atoms with Gasteiger partial charge in [0.25, 0.3) is 0 Å². The molecule has 0 saturated heterocycles. The quantitative estimate of drug-likeness (QED) is 0.527. The van der Waals surface area contributed by atoms with Crippen LogP contribution >= 0.6 is 11.3 Å². The average Bonchev–Trinajstić information content (AvgIpc) is 3.30. The molecule has 0 aliphatic carbocycles. The summed E-state index contributed by atoms with van der Waals surface area (Å²) >= 11 is 1.77. The number of nitrogens with zero attached hydrogens (tertiary/aromatic N) is 3. The fourth-order valence-electron chi connectivity index (χ4n) is 2.44. The molecule has 0 fully saturated rings. The van der Waals surface area contributed by atoms with Crippen LogP contribution in [-0.4, -0.2) is 22.3 Å². The summed E-state index contributed by atoms with van der Waals surface area (Å²) < 4.78 is 1.85. The van der Waals surface area contributed by atoms with Crippen LogP contribution in [0.3, 0.4) is 0 Å². The summed E-state index contributed by atoms with van der Waals surface area (Å²) in [4.78, 5) is 6.02. The third-order valence-electron chi connectivity index (χ3n) is 3.85. The van der Waals surface area contributed by atoms with E-state index in [4.69, 9.17) is 0 Å². The third-order valence-corrected chi connectivity index (χ3v) is 4.88. The summed E-state index contributed by atoms with van der Waals surface area (Å²) in [5.41, 5.74) is 3.54. The highest BCUT2D eigenvalue weighted by molar-refractivity contribution is 7.10. The molecule has 0 radical (unpaired) electrons. The zero-order valence-corrected chi connectivity index (χ0v) is 15.4. The maximum atomic E-state index is 4.68. The first kappa shape index (κ1) is 17.2. The van der Waals surface area contributed by atoms with Crippen LogP contribution in [0, 0.1) is 6.92 Å². The lowest BCUT2D eigenvalue weighted by atomic mass is 10.2. The molecule has 0 aliphatic heterocycles. The molecule has 2 heterocycles. The van der Waals surface area contributed by atoms with Crippen LogP contribution in [0.5, 0.6) is 0 Å². The highest BCUT2D eigenvalue weighted by Gasteiger charge is 2.02. The Bertz CT molecular complexity index is 803. The maximum absolute atomic E-state index is 4.68. The molecule has 0 aliphatic rings. The Morgan fingerprint density at radius 3 is 2.68 bits per heavy atom. The minimum Gasteiger partial charge on any atom is -0.357 e. The zero-order chi connectivity index (χ0) is 17.5. The van der Waals surface area contributed by atoms with E-state index < -0.39 is 0 Å². The second-order valence-electron chi connectivity index (χ2n) is 5.69. The molecule has 0 spiro atoms. The summed E-state index contributed by atoms with van der Waals surface area (Å²) in [6, 6.07) is 12.4. The zero-order valence-electron chi connectivity index (χ0n) is 14.6. The number of rotatable bonds is 6. The largest absolute Gasteiger partial charge is 0.357 e. The van der Waals surface area contributed by atoms with Gasteiger partial charge in [-0.15, -0.1) is 11.3 Å². The van der Waals surface area contributed by atoms with Crippen LogP contribution in [0.4, 0.5) is 0 Å². The molecule has 25 heavy (non-hydrogen) atoms. The molecular formula is C19H23N5S. The van der Waals surface area contributed by atoms with Gasteiger partial charge in [-0.1, -0.05) is 12.1 Å². The number of hydrogen-bond acceptors (Lipinski definition) is 3. The van der Waals surface area contributed by atoms with Crippen molar-refractivity contribution < 1.29 is 0 Å². The van der Waals surface area contributed by atoms with Crippen LogP contribution in [0.1, 0.15) is 22.9 Å². The lowest BCUT2D eigenvalue weighted by Gasteiger charge is -2.11. The normalized spacial score (nSPS) is 11.5. The number of hydrogen-bond donors (Lipinski definition) is 2. The van der Waals surface area contributed by atoms with Gasteiger partial charge in [0.05, 0.1) is 18.8 Å². The van der Waals surface area contributed by atoms with Gasteiger partial charge in [0.1, 0.15) is 0 Å². The second kappa shape index (κ2) is 8.48. The molecule has 0 bridgehead atoms. The van der Waals surface area contributed by atoms with Gasteiger partial charge >= 0.3 is 0 Å². The number of aryl methyl sites for hydroxylation is 1. The topological polar surface area (TPSA) is 54.2 Å². The Morgan fingerprint density at radius 2 is 2.04 bits per heavy atom. The number of guanidine groups is 1. The predicted octanol–water partition coefficient (Wildman–Crippen LogP) is 3.50. The summed E-state index contributed by atoms with van der Waals surface area (Å²) in [6.07, 6.45) is 3.72. The van der Waals surface area contributed by atoms with Crippen molar-refractivity contribution in [3.05, 3.63) is 70.2 Å². The molecule has 3 aromatic rings. The van der Waals surface area contributed by atoms with E-state index in [-0.39, 0.29) is 0 Å². The van der Waals surface area contributed by atoms with E-state index in [1.54, 1.807) is 17.5 Å². The molecule has 0 unspecified atom stereocenters. The van der Waals surface area contributed by atoms with Crippen LogP contribution in [0.25, 0.3) is 5.69 Å². The lowest BCUT2D eigenvalue weighted by molar-refractivity contribution is 0.820. The van der Waals surface area contributed by atoms with Crippen molar-refractivity contribution in [2.24, 2.45) is 4.99 Å². The summed E-state index contributed by atoms with van der Waals surface area (Å²) in [5, 5.41) is 13.1. The van der Waals surface area contributed by atoms with Gasteiger partial charge in [0.15, 0.2) is 5.96 Å². The van der Waals surface area contributed by atoms with Crippen LogP contribution in [-0.2, 0) is 13.1 Å². The van der Waals surface area contributed by atoms with Gasteiger partial charge in [0.2, 0.25) is 0 Å². The highest BCUT2D eigenvalue weighted by atomic mass is 32.1. The van der Waals surface area contributed by atoms with E-state index in [1.807, 2.05) is 16.9 Å². The molecule has 1 aromatic carbocycles. The molecule has 2 N–H and O–H groups in total. The fourth-order valence-corrected chi connectivity index (χ4v) is 3.28. The Labute approximate surface area is 152 Å². The SMILES string of the molecule is CCNC(=NCc1ccc(-n2cccn2)cc1)NCc1sccc1C. The van der Waals surface area contributed by atoms with E-state index in [0.29, 0.717) is 6.54 Å². The smallest absolute Gasteiger partial charge is 0.191 e. The number of aliphatic imine (C=N–C) groups is 1. The fraction of sp³-hybridized carbons (Fsp3) is 0.263. The minimum absolute atomic E-state index is 0.637. The van der Waals surface area contributed by atoms with Crippen LogP contribution in [0.2, 0.25) is 0 Å². The Hall–Kier alpha value is -2.60. The average molecular weight is 353 g/mol. The first-order valence-electron chi connectivity index (χ1n) is 8.40. The number of nitrogens with one attached hydrogen (secondary N) is 2. The van der Waals surface area contributed by atoms with Crippen molar-refractivity contribution in [2.45, 2.75) is 26.9 Å². The predicted molar refractivity (Wildman–Crippen MR) is 104 cm³/mol. The van der Waals surface area contributed by atoms with Gasteiger partial charge < -0.3 is 10.6 Å². The van der Waals surface area contributed by atoms with Crippen molar-refractivity contribution in [3.8, 4) is 5.69 Å². The van der Waals surface area contributed by atoms with Gasteiger partial charge in [-0.05, 0) is 54.6 Å². The van der Waals surface area contributed by atoms with Gasteiger partial charge in [-0.2, -0.15) is 5.10 Å². The van der Waals surface area contributed by atoms with Gasteiger partial charge in [-0.3, -0.25) is 0 Å². The lowest BCUT2D eigenvalue weighted by Crippen LogP contribution is -2.36. The summed E-state index contributed by atoms with van der Waals surface area (Å²) in [5.74, 6) is 0.839. The van der Waals surface area contributed by atoms with Crippen molar-refractivity contribution in [1.82, 2.24) is 20.4 Å². The second-order valence-corrected chi connectivity index (χ2v) is 6.69. The molecule has 6 heteroatoms. The molecule has 130 valence electrons. The highest BCUT2D eigenvalue weighted by Crippen LogP contribution is 2.14. The van der Waals surface area contributed by atoms with E-state index in [9.17, 15) is 0 Å². The van der Waals surface area contributed by atoms with Crippen molar-refractivity contribution in [1.29, 1.82) is 0 Å². The molecular weight excluding hydrogens is 330 g/mol. The number of aromatic nitrogens is 2. The summed E-state index contributed by atoms with van der Waals surface area (Å²) in [7, 11) is 0. The number of thiophene rings is 1. The molecule has 0 saturated carbocycles.